The highest BCUT2D eigenvalue weighted by Crippen LogP contribution is 2.64. The van der Waals surface area contributed by atoms with Gasteiger partial charge in [-0.2, -0.15) is 0 Å². The Morgan fingerprint density at radius 2 is 1.04 bits per heavy atom. The second kappa shape index (κ2) is 19.0. The van der Waals surface area contributed by atoms with Gasteiger partial charge in [-0.1, -0.05) is 193 Å². The molecule has 0 bridgehead atoms. The molecule has 3 aliphatic heterocycles. The number of benzene rings is 9. The minimum atomic E-state index is -0.268. The predicted octanol–water partition coefficient (Wildman–Crippen LogP) is 21.8. The summed E-state index contributed by atoms with van der Waals surface area (Å²) in [6.07, 6.45) is 9.05. The van der Waals surface area contributed by atoms with Crippen molar-refractivity contribution in [3.8, 4) is 22.3 Å². The van der Waals surface area contributed by atoms with Crippen LogP contribution < -0.4 is 31.3 Å². The third kappa shape index (κ3) is 8.02. The normalized spacial score (nSPS) is 21.1. The van der Waals surface area contributed by atoms with Crippen LogP contribution in [0.5, 0.6) is 0 Å². The van der Waals surface area contributed by atoms with Crippen molar-refractivity contribution in [2.45, 2.75) is 186 Å². The lowest BCUT2D eigenvalue weighted by Gasteiger charge is -2.52. The van der Waals surface area contributed by atoms with E-state index in [-0.39, 0.29) is 44.7 Å². The van der Waals surface area contributed by atoms with Gasteiger partial charge in [-0.3, -0.25) is 0 Å². The summed E-state index contributed by atoms with van der Waals surface area (Å²) in [5, 5.41) is 3.52. The molecule has 2 unspecified atom stereocenters. The number of nitrogens with zero attached hydrogens (tertiary/aromatic N) is 3. The molecular weight excluding hydrogens is 1110 g/mol. The summed E-state index contributed by atoms with van der Waals surface area (Å²) in [5.41, 5.74) is 30.3. The van der Waals surface area contributed by atoms with E-state index in [0.29, 0.717) is 0 Å². The van der Waals surface area contributed by atoms with Gasteiger partial charge in [0.15, 0.2) is 0 Å². The molecule has 456 valence electrons. The van der Waals surface area contributed by atoms with Crippen LogP contribution in [0.4, 0.5) is 45.5 Å². The molecular formula is C85H86BN3O2. The third-order valence-electron chi connectivity index (χ3n) is 24.2. The maximum Gasteiger partial charge on any atom is 0.297 e. The Hall–Kier alpha value is -8.22. The van der Waals surface area contributed by atoms with Gasteiger partial charge < -0.3 is 23.5 Å². The quantitative estimate of drug-likeness (QED) is 0.155. The highest BCUT2D eigenvalue weighted by Gasteiger charge is 2.62. The fourth-order valence-corrected chi connectivity index (χ4v) is 18.4. The second-order valence-electron chi connectivity index (χ2n) is 32.5. The molecule has 0 spiro atoms. The monoisotopic (exact) mass is 1190 g/mol. The van der Waals surface area contributed by atoms with E-state index in [0.717, 1.165) is 83.4 Å². The fourth-order valence-electron chi connectivity index (χ4n) is 18.4. The van der Waals surface area contributed by atoms with Crippen LogP contribution in [0.3, 0.4) is 0 Å². The maximum absolute atomic E-state index is 8.05. The summed E-state index contributed by atoms with van der Waals surface area (Å²) < 4.78 is 14.8. The van der Waals surface area contributed by atoms with E-state index < -0.39 is 0 Å². The number of fused-ring (bicyclic) bond motifs is 14. The van der Waals surface area contributed by atoms with Crippen molar-refractivity contribution in [2.24, 2.45) is 0 Å². The zero-order chi connectivity index (χ0) is 62.8. The number of rotatable bonds is 6. The lowest BCUT2D eigenvalue weighted by atomic mass is 9.35. The number of hydrogen-bond donors (Lipinski definition) is 0. The molecule has 0 saturated heterocycles. The molecule has 1 saturated carbocycles. The summed E-state index contributed by atoms with van der Waals surface area (Å²) >= 11 is 0. The van der Waals surface area contributed by atoms with Crippen molar-refractivity contribution in [1.82, 2.24) is 0 Å². The molecule has 9 aromatic carbocycles. The number of aryl methyl sites for hydroxylation is 1. The number of para-hydroxylation sites is 1. The van der Waals surface area contributed by atoms with Crippen molar-refractivity contribution in [3.63, 3.8) is 0 Å². The Morgan fingerprint density at radius 3 is 1.74 bits per heavy atom. The van der Waals surface area contributed by atoms with E-state index in [9.17, 15) is 0 Å². The number of furan rings is 2. The Bertz CT molecular complexity index is 4880. The summed E-state index contributed by atoms with van der Waals surface area (Å²) in [7, 11) is 0. The van der Waals surface area contributed by atoms with Crippen LogP contribution in [0.15, 0.2) is 179 Å². The number of hydrogen-bond acceptors (Lipinski definition) is 5. The van der Waals surface area contributed by atoms with Gasteiger partial charge in [0.1, 0.15) is 16.7 Å². The first-order valence-electron chi connectivity index (χ1n) is 34.1. The SMILES string of the molecule is Cc1cc2c(cc1N1c3cc(N(c4ccc(-c5ccccc5)cc4)c4ccc(C(C)(C)C)cc4)cc4c3B(c3cc(-c5cccc6oc7ccccc7c56)cc5c3N4C3(C)CCCCC53C)c3oc4cc5c(cc4c31)C(C)(C)CCC5(C)C)C(C)(C)CCC2(C)C. The molecule has 0 N–H and O–H groups in total. The second-order valence-corrected chi connectivity index (χ2v) is 32.5. The molecule has 2 atom stereocenters. The van der Waals surface area contributed by atoms with Crippen molar-refractivity contribution in [2.75, 3.05) is 14.7 Å². The minimum Gasteiger partial charge on any atom is -0.468 e. The van der Waals surface area contributed by atoms with Gasteiger partial charge in [0.2, 0.25) is 0 Å². The van der Waals surface area contributed by atoms with Crippen molar-refractivity contribution < 1.29 is 8.83 Å². The molecule has 2 aromatic heterocycles. The standard InChI is InChI=1S/C85H86BN3O2/c1-51-43-62-64(82(9,10)41-39-80(62,5)6)49-68(51)88-69-46-58(87(57-35-31-55(32-36-57)79(2,3)4)56-33-29-53(30-34-56)52-23-16-15-17-24-52)47-70-75(69)86(78-76(88)61-48-63-65(50-73(61)91-78)83(11,12)42-40-81(63,7)8)67-45-54(44-66-77(67)89(70)85(14)38-21-20-37-84(66,85)13)59-26-22-28-72-74(59)60-25-18-19-27-71(60)90-72/h15-19,22-36,43-50H,20-21,37-42H2,1-14H3. The van der Waals surface area contributed by atoms with E-state index in [1.807, 2.05) is 0 Å². The molecule has 0 amide bonds. The van der Waals surface area contributed by atoms with Gasteiger partial charge in [-0.25, -0.2) is 0 Å². The van der Waals surface area contributed by atoms with Gasteiger partial charge in [0.05, 0.1) is 22.6 Å². The summed E-state index contributed by atoms with van der Waals surface area (Å²) in [6, 6.07) is 65.7. The predicted molar refractivity (Wildman–Crippen MR) is 385 cm³/mol. The molecule has 6 heteroatoms. The van der Waals surface area contributed by atoms with Crippen LogP contribution in [0.2, 0.25) is 0 Å². The topological polar surface area (TPSA) is 36.0 Å². The summed E-state index contributed by atoms with van der Waals surface area (Å²) in [6.45, 7) is 34.2. The lowest BCUT2D eigenvalue weighted by molar-refractivity contribution is 0.195. The van der Waals surface area contributed by atoms with Crippen LogP contribution in [-0.2, 0) is 32.5 Å². The van der Waals surface area contributed by atoms with Crippen LogP contribution >= 0.6 is 0 Å². The average molecular weight is 1190 g/mol. The molecule has 0 radical (unpaired) electrons. The fraction of sp³-hybridized carbons (Fsp3) is 0.341. The van der Waals surface area contributed by atoms with Gasteiger partial charge in [0.25, 0.3) is 6.71 Å². The molecule has 5 heterocycles. The Balaban J connectivity index is 1.03. The Morgan fingerprint density at radius 1 is 0.451 bits per heavy atom. The highest BCUT2D eigenvalue weighted by atomic mass is 16.3. The first-order chi connectivity index (χ1) is 43.3. The van der Waals surface area contributed by atoms with E-state index >= 15 is 0 Å². The van der Waals surface area contributed by atoms with Crippen LogP contribution in [0, 0.1) is 6.92 Å². The summed E-state index contributed by atoms with van der Waals surface area (Å²) in [4.78, 5) is 8.22. The van der Waals surface area contributed by atoms with Crippen LogP contribution in [0.1, 0.15) is 180 Å². The van der Waals surface area contributed by atoms with Crippen LogP contribution in [-0.4, -0.2) is 12.3 Å². The van der Waals surface area contributed by atoms with E-state index in [1.165, 1.54) is 124 Å². The average Bonchev–Trinajstić information content (AvgIpc) is 1.50. The molecule has 6 aliphatic rings. The van der Waals surface area contributed by atoms with E-state index in [1.54, 1.807) is 0 Å². The molecule has 17 rings (SSSR count). The highest BCUT2D eigenvalue weighted by molar-refractivity contribution is 7.00. The van der Waals surface area contributed by atoms with Gasteiger partial charge in [-0.05, 0) is 224 Å². The zero-order valence-corrected chi connectivity index (χ0v) is 56.1. The van der Waals surface area contributed by atoms with Crippen molar-refractivity contribution >= 4 is 102 Å². The molecule has 91 heavy (non-hydrogen) atoms. The van der Waals surface area contributed by atoms with Gasteiger partial charge >= 0.3 is 0 Å². The first kappa shape index (κ1) is 56.7. The van der Waals surface area contributed by atoms with Gasteiger partial charge in [-0.15, -0.1) is 0 Å². The Labute approximate surface area is 539 Å². The zero-order valence-electron chi connectivity index (χ0n) is 56.1. The maximum atomic E-state index is 8.05. The van der Waals surface area contributed by atoms with Gasteiger partial charge in [0, 0.05) is 55.7 Å². The summed E-state index contributed by atoms with van der Waals surface area (Å²) in [5.74, 6) is 0. The van der Waals surface area contributed by atoms with E-state index in [4.69, 9.17) is 8.83 Å². The van der Waals surface area contributed by atoms with Crippen molar-refractivity contribution in [1.29, 1.82) is 0 Å². The molecule has 1 fully saturated rings. The lowest BCUT2D eigenvalue weighted by Crippen LogP contribution is -2.64. The first-order valence-corrected chi connectivity index (χ1v) is 34.1. The third-order valence-corrected chi connectivity index (χ3v) is 24.2. The van der Waals surface area contributed by atoms with Crippen molar-refractivity contribution in [3.05, 3.63) is 209 Å². The molecule has 5 nitrogen and oxygen atoms in total. The largest absolute Gasteiger partial charge is 0.468 e. The van der Waals surface area contributed by atoms with E-state index in [2.05, 4.69) is 281 Å². The smallest absolute Gasteiger partial charge is 0.297 e. The number of anilines is 8. The molecule has 11 aromatic rings. The van der Waals surface area contributed by atoms with Crippen LogP contribution in [0.25, 0.3) is 55.2 Å². The Kier molecular flexibility index (Phi) is 11.8. The molecule has 3 aliphatic carbocycles. The minimum absolute atomic E-state index is 0.0143.